The van der Waals surface area contributed by atoms with Crippen LogP contribution >= 0.6 is 0 Å². The molecule has 0 aliphatic carbocycles. The third kappa shape index (κ3) is 3.51. The number of nitrogens with one attached hydrogen (secondary N) is 1. The van der Waals surface area contributed by atoms with Crippen molar-refractivity contribution in [2.75, 3.05) is 5.32 Å². The molecule has 1 unspecified atom stereocenters. The highest BCUT2D eigenvalue weighted by Crippen LogP contribution is 2.27. The summed E-state index contributed by atoms with van der Waals surface area (Å²) in [5.41, 5.74) is 2.57. The number of nitro groups is 1. The zero-order valence-electron chi connectivity index (χ0n) is 12.0. The molecule has 0 amide bonds. The minimum Gasteiger partial charge on any atom is -0.508 e. The second-order valence-electron chi connectivity index (χ2n) is 4.91. The number of anilines is 1. The Labute approximate surface area is 123 Å². The van der Waals surface area contributed by atoms with Gasteiger partial charge in [-0.1, -0.05) is 25.1 Å². The number of aromatic hydroxyl groups is 1. The van der Waals surface area contributed by atoms with Crippen LogP contribution < -0.4 is 5.32 Å². The van der Waals surface area contributed by atoms with E-state index in [-0.39, 0.29) is 22.4 Å². The molecule has 2 aromatic rings. The van der Waals surface area contributed by atoms with Crippen molar-refractivity contribution in [2.24, 2.45) is 0 Å². The Morgan fingerprint density at radius 2 is 1.90 bits per heavy atom. The highest BCUT2D eigenvalue weighted by atomic mass is 16.6. The summed E-state index contributed by atoms with van der Waals surface area (Å²) in [5, 5.41) is 23.6. The van der Waals surface area contributed by atoms with Gasteiger partial charge >= 0.3 is 0 Å². The number of nitro benzene ring substituents is 1. The van der Waals surface area contributed by atoms with Crippen LogP contribution in [0.5, 0.6) is 5.75 Å². The molecule has 0 saturated carbocycles. The molecule has 5 nitrogen and oxygen atoms in total. The lowest BCUT2D eigenvalue weighted by atomic mass is 10.1. The molecule has 110 valence electrons. The van der Waals surface area contributed by atoms with Gasteiger partial charge < -0.3 is 10.4 Å². The van der Waals surface area contributed by atoms with Crippen LogP contribution in [0.25, 0.3) is 0 Å². The predicted molar refractivity (Wildman–Crippen MR) is 82.6 cm³/mol. The third-order valence-electron chi connectivity index (χ3n) is 3.44. The number of aryl methyl sites for hydroxylation is 1. The Morgan fingerprint density at radius 3 is 2.48 bits per heavy atom. The largest absolute Gasteiger partial charge is 0.508 e. The van der Waals surface area contributed by atoms with Crippen LogP contribution in [0.1, 0.15) is 31.0 Å². The van der Waals surface area contributed by atoms with Crippen LogP contribution in [0.15, 0.2) is 42.5 Å². The third-order valence-corrected chi connectivity index (χ3v) is 3.44. The average molecular weight is 286 g/mol. The normalized spacial score (nSPS) is 11.9. The zero-order valence-corrected chi connectivity index (χ0v) is 12.0. The van der Waals surface area contributed by atoms with Gasteiger partial charge in [0.25, 0.3) is 5.69 Å². The fourth-order valence-electron chi connectivity index (χ4n) is 2.22. The molecule has 0 aliphatic rings. The molecule has 0 saturated heterocycles. The average Bonchev–Trinajstić information content (AvgIpc) is 2.47. The van der Waals surface area contributed by atoms with E-state index in [4.69, 9.17) is 0 Å². The summed E-state index contributed by atoms with van der Waals surface area (Å²) < 4.78 is 0. The minimum atomic E-state index is -0.352. The first kappa shape index (κ1) is 14.8. The van der Waals surface area contributed by atoms with Crippen molar-refractivity contribution in [2.45, 2.75) is 26.3 Å². The number of rotatable bonds is 5. The smallest absolute Gasteiger partial charge is 0.274 e. The van der Waals surface area contributed by atoms with Gasteiger partial charge in [-0.2, -0.15) is 0 Å². The SMILES string of the molecule is CCc1ccc(NC(C)c2ccc(O)cc2)cc1[N+](=O)[O-]. The maximum atomic E-state index is 11.1. The van der Waals surface area contributed by atoms with Gasteiger partial charge in [0.15, 0.2) is 0 Å². The van der Waals surface area contributed by atoms with Gasteiger partial charge in [-0.3, -0.25) is 10.1 Å². The van der Waals surface area contributed by atoms with E-state index in [9.17, 15) is 15.2 Å². The molecule has 21 heavy (non-hydrogen) atoms. The van der Waals surface area contributed by atoms with Crippen molar-refractivity contribution in [1.29, 1.82) is 0 Å². The van der Waals surface area contributed by atoms with Gasteiger partial charge in [-0.05, 0) is 37.1 Å². The van der Waals surface area contributed by atoms with Gasteiger partial charge in [0, 0.05) is 23.4 Å². The van der Waals surface area contributed by atoms with Gasteiger partial charge in [0.05, 0.1) is 4.92 Å². The summed E-state index contributed by atoms with van der Waals surface area (Å²) in [6.07, 6.45) is 0.629. The van der Waals surface area contributed by atoms with Crippen LogP contribution in [0, 0.1) is 10.1 Å². The highest BCUT2D eigenvalue weighted by molar-refractivity contribution is 5.56. The van der Waals surface area contributed by atoms with E-state index in [0.29, 0.717) is 12.1 Å². The molecule has 2 rings (SSSR count). The van der Waals surface area contributed by atoms with Crippen molar-refractivity contribution < 1.29 is 10.0 Å². The summed E-state index contributed by atoms with van der Waals surface area (Å²) in [6.45, 7) is 3.86. The molecular formula is C16H18N2O3. The summed E-state index contributed by atoms with van der Waals surface area (Å²) >= 11 is 0. The number of nitrogens with zero attached hydrogens (tertiary/aromatic N) is 1. The lowest BCUT2D eigenvalue weighted by Crippen LogP contribution is -2.07. The fraction of sp³-hybridized carbons (Fsp3) is 0.250. The van der Waals surface area contributed by atoms with E-state index in [1.807, 2.05) is 32.0 Å². The fourth-order valence-corrected chi connectivity index (χ4v) is 2.22. The van der Waals surface area contributed by atoms with Crippen LogP contribution in [0.2, 0.25) is 0 Å². The quantitative estimate of drug-likeness (QED) is 0.642. The van der Waals surface area contributed by atoms with E-state index in [1.54, 1.807) is 24.3 Å². The van der Waals surface area contributed by atoms with Crippen molar-refractivity contribution in [1.82, 2.24) is 0 Å². The molecule has 5 heteroatoms. The summed E-state index contributed by atoms with van der Waals surface area (Å²) in [4.78, 5) is 10.7. The van der Waals surface area contributed by atoms with Crippen LogP contribution in [0.4, 0.5) is 11.4 Å². The van der Waals surface area contributed by atoms with Crippen molar-refractivity contribution in [3.8, 4) is 5.75 Å². The molecule has 1 atom stereocenters. The molecular weight excluding hydrogens is 268 g/mol. The topological polar surface area (TPSA) is 75.4 Å². The molecule has 0 fully saturated rings. The molecule has 2 aromatic carbocycles. The number of benzene rings is 2. The van der Waals surface area contributed by atoms with E-state index < -0.39 is 0 Å². The summed E-state index contributed by atoms with van der Waals surface area (Å²) in [7, 11) is 0. The first-order chi connectivity index (χ1) is 10.0. The summed E-state index contributed by atoms with van der Waals surface area (Å²) in [5.74, 6) is 0.217. The number of phenolic OH excluding ortho intramolecular Hbond substituents is 1. The molecule has 0 spiro atoms. The maximum absolute atomic E-state index is 11.1. The molecule has 0 aliphatic heterocycles. The van der Waals surface area contributed by atoms with E-state index >= 15 is 0 Å². The number of phenols is 1. The van der Waals surface area contributed by atoms with Crippen molar-refractivity contribution in [3.63, 3.8) is 0 Å². The molecule has 0 radical (unpaired) electrons. The Bertz CT molecular complexity index is 638. The number of hydrogen-bond donors (Lipinski definition) is 2. The second kappa shape index (κ2) is 6.26. The molecule has 0 bridgehead atoms. The van der Waals surface area contributed by atoms with E-state index in [2.05, 4.69) is 5.32 Å². The first-order valence-corrected chi connectivity index (χ1v) is 6.84. The number of hydrogen-bond acceptors (Lipinski definition) is 4. The Kier molecular flexibility index (Phi) is 4.42. The van der Waals surface area contributed by atoms with Gasteiger partial charge in [-0.15, -0.1) is 0 Å². The Balaban J connectivity index is 2.21. The van der Waals surface area contributed by atoms with Crippen molar-refractivity contribution in [3.05, 3.63) is 63.7 Å². The van der Waals surface area contributed by atoms with Crippen LogP contribution in [0.3, 0.4) is 0 Å². The Morgan fingerprint density at radius 1 is 1.24 bits per heavy atom. The standard InChI is InChI=1S/C16H18N2O3/c1-3-12-4-7-14(10-16(12)18(20)21)17-11(2)13-5-8-15(19)9-6-13/h4-11,17,19H,3H2,1-2H3. The molecule has 0 aromatic heterocycles. The highest BCUT2D eigenvalue weighted by Gasteiger charge is 2.14. The second-order valence-corrected chi connectivity index (χ2v) is 4.91. The predicted octanol–water partition coefficient (Wildman–Crippen LogP) is 4.04. The van der Waals surface area contributed by atoms with Crippen molar-refractivity contribution >= 4 is 11.4 Å². The minimum absolute atomic E-state index is 0.0160. The first-order valence-electron chi connectivity index (χ1n) is 6.84. The van der Waals surface area contributed by atoms with Gasteiger partial charge in [0.1, 0.15) is 5.75 Å². The summed E-state index contributed by atoms with van der Waals surface area (Å²) in [6, 6.07) is 12.1. The van der Waals surface area contributed by atoms with Gasteiger partial charge in [-0.25, -0.2) is 0 Å². The lowest BCUT2D eigenvalue weighted by Gasteiger charge is -2.16. The maximum Gasteiger partial charge on any atom is 0.274 e. The van der Waals surface area contributed by atoms with Gasteiger partial charge in [0.2, 0.25) is 0 Å². The zero-order chi connectivity index (χ0) is 15.4. The lowest BCUT2D eigenvalue weighted by molar-refractivity contribution is -0.385. The Hall–Kier alpha value is -2.56. The van der Waals surface area contributed by atoms with E-state index in [1.165, 1.54) is 0 Å². The van der Waals surface area contributed by atoms with Crippen LogP contribution in [-0.2, 0) is 6.42 Å². The van der Waals surface area contributed by atoms with E-state index in [0.717, 1.165) is 11.1 Å². The molecule has 0 heterocycles. The van der Waals surface area contributed by atoms with Crippen LogP contribution in [-0.4, -0.2) is 10.0 Å². The molecule has 2 N–H and O–H groups in total. The monoisotopic (exact) mass is 286 g/mol.